The Morgan fingerprint density at radius 1 is 0.902 bits per heavy atom. The Bertz CT molecular complexity index is 1420. The normalized spacial score (nSPS) is 13.5. The van der Waals surface area contributed by atoms with Crippen LogP contribution in [0.1, 0.15) is 31.7 Å². The van der Waals surface area contributed by atoms with Crippen molar-refractivity contribution in [2.24, 2.45) is 5.10 Å². The SMILES string of the molecule is CCOc1ccc(S(=O)(=O)N(CC(=O)N/N=C\c2ccc(OCC(=O)N3CCCCC3)cc2)c2ccccc2)cc1. The van der Waals surface area contributed by atoms with Crippen LogP contribution in [0.2, 0.25) is 0 Å². The third-order valence-corrected chi connectivity index (χ3v) is 8.20. The van der Waals surface area contributed by atoms with E-state index in [9.17, 15) is 18.0 Å². The highest BCUT2D eigenvalue weighted by molar-refractivity contribution is 7.92. The number of para-hydroxylation sites is 1. The summed E-state index contributed by atoms with van der Waals surface area (Å²) < 4.78 is 39.0. The van der Waals surface area contributed by atoms with Crippen molar-refractivity contribution in [1.82, 2.24) is 10.3 Å². The molecule has 4 rings (SSSR count). The lowest BCUT2D eigenvalue weighted by Crippen LogP contribution is -2.39. The van der Waals surface area contributed by atoms with E-state index in [1.165, 1.54) is 18.3 Å². The van der Waals surface area contributed by atoms with Crippen molar-refractivity contribution in [3.05, 3.63) is 84.4 Å². The zero-order valence-corrected chi connectivity index (χ0v) is 23.8. The monoisotopic (exact) mass is 578 g/mol. The van der Waals surface area contributed by atoms with Gasteiger partial charge in [-0.25, -0.2) is 13.8 Å². The first-order valence-electron chi connectivity index (χ1n) is 13.5. The molecule has 1 aliphatic rings. The van der Waals surface area contributed by atoms with Gasteiger partial charge in [0.25, 0.3) is 21.8 Å². The summed E-state index contributed by atoms with van der Waals surface area (Å²) in [6.45, 7) is 3.36. The molecule has 2 amide bonds. The molecule has 10 nitrogen and oxygen atoms in total. The maximum Gasteiger partial charge on any atom is 0.264 e. The third kappa shape index (κ3) is 8.31. The molecule has 216 valence electrons. The van der Waals surface area contributed by atoms with Crippen LogP contribution in [0.25, 0.3) is 0 Å². The van der Waals surface area contributed by atoms with Gasteiger partial charge < -0.3 is 14.4 Å². The first kappa shape index (κ1) is 29.6. The van der Waals surface area contributed by atoms with E-state index in [0.29, 0.717) is 29.4 Å². The number of hydrogen-bond donors (Lipinski definition) is 1. The van der Waals surface area contributed by atoms with Crippen molar-refractivity contribution in [2.75, 3.05) is 37.2 Å². The van der Waals surface area contributed by atoms with Crippen molar-refractivity contribution in [1.29, 1.82) is 0 Å². The van der Waals surface area contributed by atoms with Gasteiger partial charge in [0.1, 0.15) is 18.0 Å². The molecular weight excluding hydrogens is 544 g/mol. The number of nitrogens with one attached hydrogen (secondary N) is 1. The molecular formula is C30H34N4O6S. The van der Waals surface area contributed by atoms with Gasteiger partial charge in [-0.1, -0.05) is 18.2 Å². The second kappa shape index (κ2) is 14.3. The molecule has 0 unspecified atom stereocenters. The molecule has 1 aliphatic heterocycles. The molecule has 1 fully saturated rings. The van der Waals surface area contributed by atoms with Crippen LogP contribution in [0, 0.1) is 0 Å². The summed E-state index contributed by atoms with van der Waals surface area (Å²) in [5.41, 5.74) is 3.42. The average Bonchev–Trinajstić information content (AvgIpc) is 3.00. The van der Waals surface area contributed by atoms with Gasteiger partial charge in [0.2, 0.25) is 0 Å². The number of hydrazone groups is 1. The molecule has 0 aromatic heterocycles. The van der Waals surface area contributed by atoms with Crippen LogP contribution >= 0.6 is 0 Å². The zero-order valence-electron chi connectivity index (χ0n) is 22.9. The molecule has 41 heavy (non-hydrogen) atoms. The molecule has 0 radical (unpaired) electrons. The smallest absolute Gasteiger partial charge is 0.264 e. The minimum absolute atomic E-state index is 0.0129. The van der Waals surface area contributed by atoms with Crippen molar-refractivity contribution in [2.45, 2.75) is 31.1 Å². The van der Waals surface area contributed by atoms with Gasteiger partial charge in [0.05, 0.1) is 23.4 Å². The molecule has 3 aromatic carbocycles. The Morgan fingerprint density at radius 3 is 2.20 bits per heavy atom. The van der Waals surface area contributed by atoms with Gasteiger partial charge in [0.15, 0.2) is 6.61 Å². The number of sulfonamides is 1. The van der Waals surface area contributed by atoms with Crippen LogP contribution in [0.3, 0.4) is 0 Å². The lowest BCUT2D eigenvalue weighted by molar-refractivity contribution is -0.134. The van der Waals surface area contributed by atoms with Crippen LogP contribution in [0.15, 0.2) is 88.9 Å². The zero-order chi connectivity index (χ0) is 29.1. The molecule has 0 atom stereocenters. The molecule has 0 saturated carbocycles. The van der Waals surface area contributed by atoms with Gasteiger partial charge in [-0.3, -0.25) is 13.9 Å². The Kier molecular flexibility index (Phi) is 10.3. The van der Waals surface area contributed by atoms with Crippen LogP contribution in [0.5, 0.6) is 11.5 Å². The minimum Gasteiger partial charge on any atom is -0.494 e. The Balaban J connectivity index is 1.35. The topological polar surface area (TPSA) is 118 Å². The van der Waals surface area contributed by atoms with Crippen LogP contribution in [-0.4, -0.2) is 64.2 Å². The van der Waals surface area contributed by atoms with Crippen molar-refractivity contribution in [3.8, 4) is 11.5 Å². The molecule has 3 aromatic rings. The van der Waals surface area contributed by atoms with E-state index in [4.69, 9.17) is 9.47 Å². The van der Waals surface area contributed by atoms with E-state index in [0.717, 1.165) is 36.7 Å². The summed E-state index contributed by atoms with van der Waals surface area (Å²) >= 11 is 0. The molecule has 1 heterocycles. The summed E-state index contributed by atoms with van der Waals surface area (Å²) in [5.74, 6) is 0.466. The predicted octanol–water partition coefficient (Wildman–Crippen LogP) is 3.82. The number of ether oxygens (including phenoxy) is 2. The van der Waals surface area contributed by atoms with Gasteiger partial charge >= 0.3 is 0 Å². The highest BCUT2D eigenvalue weighted by atomic mass is 32.2. The van der Waals surface area contributed by atoms with Crippen molar-refractivity contribution >= 4 is 33.7 Å². The van der Waals surface area contributed by atoms with Crippen molar-refractivity contribution < 1.29 is 27.5 Å². The van der Waals surface area contributed by atoms with Gasteiger partial charge in [-0.15, -0.1) is 0 Å². The van der Waals surface area contributed by atoms with Crippen LogP contribution in [-0.2, 0) is 19.6 Å². The number of anilines is 1. The molecule has 11 heteroatoms. The van der Waals surface area contributed by atoms with E-state index in [2.05, 4.69) is 10.5 Å². The summed E-state index contributed by atoms with van der Waals surface area (Å²) in [6, 6.07) is 21.3. The summed E-state index contributed by atoms with van der Waals surface area (Å²) in [4.78, 5) is 26.9. The van der Waals surface area contributed by atoms with Gasteiger partial charge in [0, 0.05) is 13.1 Å². The molecule has 0 bridgehead atoms. The molecule has 1 saturated heterocycles. The lowest BCUT2D eigenvalue weighted by Gasteiger charge is -2.26. The summed E-state index contributed by atoms with van der Waals surface area (Å²) in [5, 5.41) is 3.98. The second-order valence-corrected chi connectivity index (χ2v) is 11.2. The number of piperidine rings is 1. The Morgan fingerprint density at radius 2 is 1.54 bits per heavy atom. The second-order valence-electron chi connectivity index (χ2n) is 9.34. The number of nitrogens with zero attached hydrogens (tertiary/aromatic N) is 3. The summed E-state index contributed by atoms with van der Waals surface area (Å²) in [7, 11) is -4.06. The number of amides is 2. The molecule has 1 N–H and O–H groups in total. The van der Waals surface area contributed by atoms with Crippen molar-refractivity contribution in [3.63, 3.8) is 0 Å². The maximum absolute atomic E-state index is 13.5. The first-order chi connectivity index (χ1) is 19.9. The average molecular weight is 579 g/mol. The first-order valence-corrected chi connectivity index (χ1v) is 14.9. The Labute approximate surface area is 240 Å². The van der Waals surface area contributed by atoms with Crippen LogP contribution < -0.4 is 19.2 Å². The highest BCUT2D eigenvalue weighted by Crippen LogP contribution is 2.25. The highest BCUT2D eigenvalue weighted by Gasteiger charge is 2.27. The predicted molar refractivity (Wildman–Crippen MR) is 157 cm³/mol. The van der Waals surface area contributed by atoms with E-state index < -0.39 is 22.5 Å². The molecule has 0 spiro atoms. The fraction of sp³-hybridized carbons (Fsp3) is 0.300. The van der Waals surface area contributed by atoms with E-state index >= 15 is 0 Å². The number of rotatable bonds is 12. The van der Waals surface area contributed by atoms with Crippen LogP contribution in [0.4, 0.5) is 5.69 Å². The lowest BCUT2D eigenvalue weighted by atomic mass is 10.1. The fourth-order valence-electron chi connectivity index (χ4n) is 4.29. The van der Waals surface area contributed by atoms with E-state index in [1.54, 1.807) is 66.7 Å². The number of benzene rings is 3. The number of likely N-dealkylation sites (tertiary alicyclic amines) is 1. The van der Waals surface area contributed by atoms with Gasteiger partial charge in [-0.05, 0) is 92.4 Å². The van der Waals surface area contributed by atoms with E-state index in [1.807, 2.05) is 11.8 Å². The quantitative estimate of drug-likeness (QED) is 0.258. The third-order valence-electron chi connectivity index (χ3n) is 6.41. The number of carbonyl (C=O) groups is 2. The fourth-order valence-corrected chi connectivity index (χ4v) is 5.71. The number of hydrogen-bond acceptors (Lipinski definition) is 7. The Hall–Kier alpha value is -4.38. The van der Waals surface area contributed by atoms with E-state index in [-0.39, 0.29) is 17.4 Å². The van der Waals surface area contributed by atoms with Gasteiger partial charge in [-0.2, -0.15) is 5.10 Å². The minimum atomic E-state index is -4.06. The largest absolute Gasteiger partial charge is 0.494 e. The molecule has 0 aliphatic carbocycles. The number of carbonyl (C=O) groups excluding carboxylic acids is 2. The maximum atomic E-state index is 13.5. The standard InChI is InChI=1S/C30H34N4O6S/c1-2-39-26-15-17-28(18-16-26)41(37,38)34(25-9-5-3-6-10-25)22-29(35)32-31-21-24-11-13-27(14-12-24)40-23-30(36)33-19-7-4-8-20-33/h3,5-6,9-18,21H,2,4,7-8,19-20,22-23H2,1H3,(H,32,35)/b31-21-. The summed E-state index contributed by atoms with van der Waals surface area (Å²) in [6.07, 6.45) is 4.65.